The fraction of sp³-hybridized carbons (Fsp3) is 0.571. The van der Waals surface area contributed by atoms with Crippen LogP contribution in [0.2, 0.25) is 0 Å². The van der Waals surface area contributed by atoms with Gasteiger partial charge >= 0.3 is 0 Å². The Hall–Kier alpha value is -0.490. The van der Waals surface area contributed by atoms with Crippen LogP contribution in [0.1, 0.15) is 25.5 Å². The third kappa shape index (κ3) is 4.84. The summed E-state index contributed by atoms with van der Waals surface area (Å²) < 4.78 is 20.1. The van der Waals surface area contributed by atoms with Gasteiger partial charge in [-0.25, -0.2) is 4.39 Å². The number of likely N-dealkylation sites (N-methyl/N-ethyl adjacent to an activating group) is 1. The number of nitrogens with zero attached hydrogens (tertiary/aromatic N) is 1. The summed E-state index contributed by atoms with van der Waals surface area (Å²) in [7, 11) is 0. The van der Waals surface area contributed by atoms with E-state index < -0.39 is 0 Å². The topological polar surface area (TPSA) is 38.5 Å². The van der Waals surface area contributed by atoms with E-state index in [2.05, 4.69) is 20.8 Å². The quantitative estimate of drug-likeness (QED) is 0.744. The van der Waals surface area contributed by atoms with Crippen molar-refractivity contribution in [2.24, 2.45) is 5.73 Å². The van der Waals surface area contributed by atoms with E-state index in [0.717, 1.165) is 17.6 Å². The van der Waals surface area contributed by atoms with Gasteiger partial charge in [-0.15, -0.1) is 0 Å². The molecule has 0 saturated carbocycles. The first kappa shape index (κ1) is 16.6. The summed E-state index contributed by atoms with van der Waals surface area (Å²) >= 11 is 3.27. The molecule has 0 aromatic heterocycles. The summed E-state index contributed by atoms with van der Waals surface area (Å²) in [6, 6.07) is 5.00. The monoisotopic (exact) mass is 332 g/mol. The number of hydrogen-bond donors (Lipinski definition) is 1. The van der Waals surface area contributed by atoms with Gasteiger partial charge in [0.25, 0.3) is 0 Å². The summed E-state index contributed by atoms with van der Waals surface area (Å²) in [5, 5.41) is 0. The van der Waals surface area contributed by atoms with Gasteiger partial charge in [0, 0.05) is 35.8 Å². The number of ether oxygens (including phenoxy) is 1. The number of hydrogen-bond acceptors (Lipinski definition) is 3. The largest absolute Gasteiger partial charge is 0.380 e. The zero-order valence-corrected chi connectivity index (χ0v) is 13.1. The van der Waals surface area contributed by atoms with Crippen LogP contribution in [0.5, 0.6) is 0 Å². The lowest BCUT2D eigenvalue weighted by molar-refractivity contribution is 0.0972. The Kier molecular flexibility index (Phi) is 7.53. The number of rotatable bonds is 8. The Bertz CT molecular complexity index is 390. The lowest BCUT2D eigenvalue weighted by atomic mass is 10.0. The number of nitrogens with two attached hydrogens (primary N) is 1. The van der Waals surface area contributed by atoms with Gasteiger partial charge in [0.2, 0.25) is 0 Å². The molecule has 0 spiro atoms. The van der Waals surface area contributed by atoms with Gasteiger partial charge in [0.05, 0.1) is 6.61 Å². The van der Waals surface area contributed by atoms with E-state index in [-0.39, 0.29) is 11.9 Å². The normalized spacial score (nSPS) is 12.9. The highest BCUT2D eigenvalue weighted by Gasteiger charge is 2.20. The zero-order chi connectivity index (χ0) is 14.3. The first-order chi connectivity index (χ1) is 9.13. The van der Waals surface area contributed by atoms with Crippen molar-refractivity contribution in [1.29, 1.82) is 0 Å². The Labute approximate surface area is 123 Å². The molecule has 1 aromatic carbocycles. The highest BCUT2D eigenvalue weighted by molar-refractivity contribution is 9.10. The fourth-order valence-corrected chi connectivity index (χ4v) is 2.44. The van der Waals surface area contributed by atoms with Gasteiger partial charge < -0.3 is 10.5 Å². The molecule has 2 N–H and O–H groups in total. The summed E-state index contributed by atoms with van der Waals surface area (Å²) in [6.07, 6.45) is 0. The molecule has 1 unspecified atom stereocenters. The van der Waals surface area contributed by atoms with Gasteiger partial charge in [0.1, 0.15) is 5.82 Å². The summed E-state index contributed by atoms with van der Waals surface area (Å²) in [4.78, 5) is 2.14. The second-order valence-electron chi connectivity index (χ2n) is 4.24. The number of halogens is 2. The second-order valence-corrected chi connectivity index (χ2v) is 5.16. The van der Waals surface area contributed by atoms with Crippen LogP contribution in [-0.2, 0) is 4.74 Å². The van der Waals surface area contributed by atoms with Crippen molar-refractivity contribution in [2.75, 3.05) is 32.8 Å². The fourth-order valence-electron chi connectivity index (χ4n) is 2.10. The highest BCUT2D eigenvalue weighted by atomic mass is 79.9. The Balaban J connectivity index is 2.84. The first-order valence-electron chi connectivity index (χ1n) is 6.60. The molecule has 0 radical (unpaired) electrons. The van der Waals surface area contributed by atoms with Crippen molar-refractivity contribution in [1.82, 2.24) is 4.90 Å². The number of benzene rings is 1. The lowest BCUT2D eigenvalue weighted by Crippen LogP contribution is -2.36. The summed E-state index contributed by atoms with van der Waals surface area (Å²) in [5.74, 6) is -0.223. The van der Waals surface area contributed by atoms with E-state index in [4.69, 9.17) is 10.5 Å². The first-order valence-corrected chi connectivity index (χ1v) is 7.40. The molecule has 0 aliphatic heterocycles. The molecule has 0 heterocycles. The SMILES string of the molecule is CCOCCN(CC)C(CN)c1ccc(Br)cc1F. The van der Waals surface area contributed by atoms with Crippen molar-refractivity contribution in [2.45, 2.75) is 19.9 Å². The van der Waals surface area contributed by atoms with Crippen molar-refractivity contribution >= 4 is 15.9 Å². The van der Waals surface area contributed by atoms with Crippen LogP contribution >= 0.6 is 15.9 Å². The van der Waals surface area contributed by atoms with Gasteiger partial charge in [-0.3, -0.25) is 4.90 Å². The van der Waals surface area contributed by atoms with Crippen LogP contribution in [0.15, 0.2) is 22.7 Å². The predicted octanol–water partition coefficient (Wildman–Crippen LogP) is 2.95. The average molecular weight is 333 g/mol. The zero-order valence-electron chi connectivity index (χ0n) is 11.5. The summed E-state index contributed by atoms with van der Waals surface area (Å²) in [5.41, 5.74) is 6.47. The van der Waals surface area contributed by atoms with Crippen LogP contribution in [-0.4, -0.2) is 37.7 Å². The molecule has 19 heavy (non-hydrogen) atoms. The third-order valence-corrected chi connectivity index (χ3v) is 3.61. The van der Waals surface area contributed by atoms with Crippen molar-refractivity contribution < 1.29 is 9.13 Å². The lowest BCUT2D eigenvalue weighted by Gasteiger charge is -2.30. The Morgan fingerprint density at radius 3 is 2.68 bits per heavy atom. The van der Waals surface area contributed by atoms with E-state index >= 15 is 0 Å². The highest BCUT2D eigenvalue weighted by Crippen LogP contribution is 2.24. The van der Waals surface area contributed by atoms with Crippen LogP contribution in [0.4, 0.5) is 4.39 Å². The molecule has 0 bridgehead atoms. The molecule has 1 rings (SSSR count). The average Bonchev–Trinajstić information content (AvgIpc) is 2.39. The van der Waals surface area contributed by atoms with Gasteiger partial charge in [-0.2, -0.15) is 0 Å². The molecular weight excluding hydrogens is 311 g/mol. The molecule has 5 heteroatoms. The maximum atomic E-state index is 14.0. The van der Waals surface area contributed by atoms with Gasteiger partial charge in [-0.05, 0) is 25.6 Å². The van der Waals surface area contributed by atoms with E-state index in [1.54, 1.807) is 6.07 Å². The minimum Gasteiger partial charge on any atom is -0.380 e. The van der Waals surface area contributed by atoms with Gasteiger partial charge in [0.15, 0.2) is 0 Å². The van der Waals surface area contributed by atoms with E-state index in [1.165, 1.54) is 6.07 Å². The maximum absolute atomic E-state index is 14.0. The van der Waals surface area contributed by atoms with E-state index in [0.29, 0.717) is 25.3 Å². The molecule has 3 nitrogen and oxygen atoms in total. The van der Waals surface area contributed by atoms with Crippen LogP contribution in [0.3, 0.4) is 0 Å². The Morgan fingerprint density at radius 2 is 2.16 bits per heavy atom. The predicted molar refractivity (Wildman–Crippen MR) is 79.6 cm³/mol. The van der Waals surface area contributed by atoms with Crippen molar-refractivity contribution in [3.05, 3.63) is 34.1 Å². The van der Waals surface area contributed by atoms with E-state index in [9.17, 15) is 4.39 Å². The minimum atomic E-state index is -0.223. The standard InChI is InChI=1S/C14H22BrFN2O/c1-3-18(7-8-19-4-2)14(10-17)12-6-5-11(15)9-13(12)16/h5-6,9,14H,3-4,7-8,10,17H2,1-2H3. The van der Waals surface area contributed by atoms with Gasteiger partial charge in [-0.1, -0.05) is 28.9 Å². The molecule has 1 atom stereocenters. The van der Waals surface area contributed by atoms with Crippen molar-refractivity contribution in [3.63, 3.8) is 0 Å². The molecule has 0 amide bonds. The second kappa shape index (κ2) is 8.64. The molecule has 1 aromatic rings. The van der Waals surface area contributed by atoms with Crippen LogP contribution in [0, 0.1) is 5.82 Å². The molecule has 0 saturated heterocycles. The molecule has 108 valence electrons. The minimum absolute atomic E-state index is 0.112. The molecular formula is C14H22BrFN2O. The molecule has 0 aliphatic rings. The summed E-state index contributed by atoms with van der Waals surface area (Å²) in [6.45, 7) is 7.29. The maximum Gasteiger partial charge on any atom is 0.129 e. The molecule has 0 fully saturated rings. The Morgan fingerprint density at radius 1 is 1.42 bits per heavy atom. The van der Waals surface area contributed by atoms with E-state index in [1.807, 2.05) is 19.9 Å². The smallest absolute Gasteiger partial charge is 0.129 e. The van der Waals surface area contributed by atoms with Crippen LogP contribution < -0.4 is 5.73 Å². The third-order valence-electron chi connectivity index (χ3n) is 3.12. The van der Waals surface area contributed by atoms with Crippen molar-refractivity contribution in [3.8, 4) is 0 Å². The van der Waals surface area contributed by atoms with Crippen LogP contribution in [0.25, 0.3) is 0 Å². The molecule has 0 aliphatic carbocycles.